The second-order valence-corrected chi connectivity index (χ2v) is 4.85. The van der Waals surface area contributed by atoms with E-state index in [1.165, 1.54) is 0 Å². The molecule has 0 aliphatic carbocycles. The Kier molecular flexibility index (Phi) is 6.06. The predicted octanol–water partition coefficient (Wildman–Crippen LogP) is 2.20. The highest BCUT2D eigenvalue weighted by molar-refractivity contribution is 5.96. The number of rotatable bonds is 6. The van der Waals surface area contributed by atoms with Gasteiger partial charge in [0.15, 0.2) is 0 Å². The predicted molar refractivity (Wildman–Crippen MR) is 76.9 cm³/mol. The van der Waals surface area contributed by atoms with E-state index < -0.39 is 0 Å². The van der Waals surface area contributed by atoms with Crippen molar-refractivity contribution in [2.24, 2.45) is 5.92 Å². The van der Waals surface area contributed by atoms with E-state index in [1.807, 2.05) is 51.1 Å². The van der Waals surface area contributed by atoms with Crippen LogP contribution in [-0.2, 0) is 9.59 Å². The number of hydrogen-bond donors (Lipinski definition) is 1. The van der Waals surface area contributed by atoms with E-state index in [1.54, 1.807) is 4.90 Å². The van der Waals surface area contributed by atoms with Crippen molar-refractivity contribution in [3.8, 4) is 0 Å². The van der Waals surface area contributed by atoms with Gasteiger partial charge in [-0.1, -0.05) is 32.0 Å². The van der Waals surface area contributed by atoms with Crippen LogP contribution >= 0.6 is 0 Å². The molecule has 0 aliphatic heterocycles. The van der Waals surface area contributed by atoms with E-state index in [0.717, 1.165) is 5.69 Å². The lowest BCUT2D eigenvalue weighted by atomic mass is 10.1. The zero-order chi connectivity index (χ0) is 14.3. The van der Waals surface area contributed by atoms with E-state index in [-0.39, 0.29) is 18.4 Å². The Labute approximate surface area is 114 Å². The Bertz CT molecular complexity index is 415. The number of anilines is 1. The van der Waals surface area contributed by atoms with Crippen LogP contribution < -0.4 is 10.2 Å². The van der Waals surface area contributed by atoms with Crippen LogP contribution in [0, 0.1) is 5.92 Å². The fraction of sp³-hybridized carbons (Fsp3) is 0.467. The molecule has 0 saturated heterocycles. The van der Waals surface area contributed by atoms with Gasteiger partial charge >= 0.3 is 0 Å². The van der Waals surface area contributed by atoms with Crippen LogP contribution in [0.1, 0.15) is 27.2 Å². The van der Waals surface area contributed by atoms with Crippen molar-refractivity contribution < 1.29 is 9.59 Å². The van der Waals surface area contributed by atoms with Gasteiger partial charge in [0, 0.05) is 18.7 Å². The van der Waals surface area contributed by atoms with Gasteiger partial charge in [0.25, 0.3) is 0 Å². The Morgan fingerprint density at radius 1 is 1.21 bits per heavy atom. The Hall–Kier alpha value is -1.84. The number of nitrogens with zero attached hydrogens (tertiary/aromatic N) is 1. The van der Waals surface area contributed by atoms with E-state index in [9.17, 15) is 9.59 Å². The molecule has 0 radical (unpaired) electrons. The number of para-hydroxylation sites is 1. The molecule has 0 atom stereocenters. The molecular weight excluding hydrogens is 240 g/mol. The summed E-state index contributed by atoms with van der Waals surface area (Å²) < 4.78 is 0. The van der Waals surface area contributed by atoms with Crippen molar-refractivity contribution >= 4 is 17.5 Å². The zero-order valence-electron chi connectivity index (χ0n) is 11.8. The Morgan fingerprint density at radius 2 is 1.84 bits per heavy atom. The van der Waals surface area contributed by atoms with Gasteiger partial charge in [0.1, 0.15) is 0 Å². The molecule has 0 fully saturated rings. The standard InChI is InChI=1S/C15H22N2O2/c1-4-17(13-8-6-5-7-9-13)15(19)11-16-14(18)10-12(2)3/h5-9,12H,4,10-11H2,1-3H3,(H,16,18). The first-order valence-electron chi connectivity index (χ1n) is 6.66. The molecule has 1 aromatic carbocycles. The van der Waals surface area contributed by atoms with Gasteiger partial charge < -0.3 is 10.2 Å². The molecule has 0 saturated carbocycles. The topological polar surface area (TPSA) is 49.4 Å². The molecule has 0 spiro atoms. The molecule has 0 bridgehead atoms. The summed E-state index contributed by atoms with van der Waals surface area (Å²) >= 11 is 0. The fourth-order valence-electron chi connectivity index (χ4n) is 1.82. The molecule has 1 rings (SSSR count). The highest BCUT2D eigenvalue weighted by Crippen LogP contribution is 2.12. The molecule has 1 aromatic rings. The van der Waals surface area contributed by atoms with Gasteiger partial charge in [-0.2, -0.15) is 0 Å². The number of amides is 2. The summed E-state index contributed by atoms with van der Waals surface area (Å²) in [7, 11) is 0. The average Bonchev–Trinajstić information content (AvgIpc) is 2.38. The molecule has 4 heteroatoms. The Morgan fingerprint density at radius 3 is 2.37 bits per heavy atom. The molecule has 0 aliphatic rings. The maximum Gasteiger partial charge on any atom is 0.246 e. The lowest BCUT2D eigenvalue weighted by Gasteiger charge is -2.21. The lowest BCUT2D eigenvalue weighted by molar-refractivity contribution is -0.125. The van der Waals surface area contributed by atoms with Gasteiger partial charge in [-0.3, -0.25) is 9.59 Å². The number of nitrogens with one attached hydrogen (secondary N) is 1. The van der Waals surface area contributed by atoms with Crippen LogP contribution in [0.2, 0.25) is 0 Å². The molecule has 0 heterocycles. The average molecular weight is 262 g/mol. The summed E-state index contributed by atoms with van der Waals surface area (Å²) in [5.41, 5.74) is 0.855. The third kappa shape index (κ3) is 5.12. The number of likely N-dealkylation sites (N-methyl/N-ethyl adjacent to an activating group) is 1. The molecular formula is C15H22N2O2. The fourth-order valence-corrected chi connectivity index (χ4v) is 1.82. The van der Waals surface area contributed by atoms with Crippen molar-refractivity contribution in [3.63, 3.8) is 0 Å². The zero-order valence-corrected chi connectivity index (χ0v) is 11.8. The summed E-state index contributed by atoms with van der Waals surface area (Å²) in [5.74, 6) is 0.129. The molecule has 0 aromatic heterocycles. The van der Waals surface area contributed by atoms with Gasteiger partial charge in [-0.05, 0) is 25.0 Å². The first-order valence-corrected chi connectivity index (χ1v) is 6.66. The van der Waals surface area contributed by atoms with E-state index >= 15 is 0 Å². The highest BCUT2D eigenvalue weighted by Gasteiger charge is 2.14. The van der Waals surface area contributed by atoms with Crippen molar-refractivity contribution in [3.05, 3.63) is 30.3 Å². The first kappa shape index (κ1) is 15.2. The quantitative estimate of drug-likeness (QED) is 0.854. The van der Waals surface area contributed by atoms with Gasteiger partial charge in [-0.25, -0.2) is 0 Å². The van der Waals surface area contributed by atoms with E-state index in [4.69, 9.17) is 0 Å². The van der Waals surface area contributed by atoms with Crippen molar-refractivity contribution in [1.29, 1.82) is 0 Å². The summed E-state index contributed by atoms with van der Waals surface area (Å²) in [4.78, 5) is 25.3. The normalized spacial score (nSPS) is 10.3. The van der Waals surface area contributed by atoms with Crippen LogP contribution in [0.5, 0.6) is 0 Å². The number of carbonyl (C=O) groups excluding carboxylic acids is 2. The Balaban J connectivity index is 2.54. The van der Waals surface area contributed by atoms with Crippen LogP contribution in [0.3, 0.4) is 0 Å². The van der Waals surface area contributed by atoms with E-state index in [2.05, 4.69) is 5.32 Å². The molecule has 104 valence electrons. The number of carbonyl (C=O) groups is 2. The van der Waals surface area contributed by atoms with Crippen molar-refractivity contribution in [2.45, 2.75) is 27.2 Å². The molecule has 19 heavy (non-hydrogen) atoms. The maximum absolute atomic E-state index is 12.1. The van der Waals surface area contributed by atoms with Crippen LogP contribution in [-0.4, -0.2) is 24.9 Å². The smallest absolute Gasteiger partial charge is 0.246 e. The summed E-state index contributed by atoms with van der Waals surface area (Å²) in [6, 6.07) is 9.46. The van der Waals surface area contributed by atoms with Gasteiger partial charge in [-0.15, -0.1) is 0 Å². The molecule has 1 N–H and O–H groups in total. The second-order valence-electron chi connectivity index (χ2n) is 4.85. The SMILES string of the molecule is CCN(C(=O)CNC(=O)CC(C)C)c1ccccc1. The maximum atomic E-state index is 12.1. The van der Waals surface area contributed by atoms with E-state index in [0.29, 0.717) is 18.9 Å². The lowest BCUT2D eigenvalue weighted by Crippen LogP contribution is -2.40. The van der Waals surface area contributed by atoms with Crippen LogP contribution in [0.4, 0.5) is 5.69 Å². The third-order valence-corrected chi connectivity index (χ3v) is 2.72. The summed E-state index contributed by atoms with van der Waals surface area (Å²) in [5, 5.41) is 2.67. The summed E-state index contributed by atoms with van der Waals surface area (Å²) in [6.45, 7) is 6.51. The minimum atomic E-state index is -0.0918. The minimum absolute atomic E-state index is 0.0499. The number of hydrogen-bond acceptors (Lipinski definition) is 2. The van der Waals surface area contributed by atoms with Crippen molar-refractivity contribution in [1.82, 2.24) is 5.32 Å². The van der Waals surface area contributed by atoms with Crippen LogP contribution in [0.15, 0.2) is 30.3 Å². The second kappa shape index (κ2) is 7.56. The number of benzene rings is 1. The van der Waals surface area contributed by atoms with Crippen LogP contribution in [0.25, 0.3) is 0 Å². The minimum Gasteiger partial charge on any atom is -0.347 e. The van der Waals surface area contributed by atoms with Gasteiger partial charge in [0.05, 0.1) is 6.54 Å². The monoisotopic (exact) mass is 262 g/mol. The summed E-state index contributed by atoms with van der Waals surface area (Å²) in [6.07, 6.45) is 0.449. The van der Waals surface area contributed by atoms with Gasteiger partial charge in [0.2, 0.25) is 11.8 Å². The first-order chi connectivity index (χ1) is 9.04. The molecule has 4 nitrogen and oxygen atoms in total. The van der Waals surface area contributed by atoms with Crippen molar-refractivity contribution in [2.75, 3.05) is 18.0 Å². The third-order valence-electron chi connectivity index (χ3n) is 2.72. The molecule has 0 unspecified atom stereocenters. The highest BCUT2D eigenvalue weighted by atomic mass is 16.2. The largest absolute Gasteiger partial charge is 0.347 e. The molecule has 2 amide bonds.